The third kappa shape index (κ3) is 5.36. The molecule has 1 aromatic carbocycles. The number of rotatable bonds is 6. The number of hydrogen-bond acceptors (Lipinski definition) is 5. The zero-order valence-electron chi connectivity index (χ0n) is 15.8. The van der Waals surface area contributed by atoms with Crippen LogP contribution in [0.15, 0.2) is 18.2 Å². The van der Waals surface area contributed by atoms with Gasteiger partial charge in [0.25, 0.3) is 0 Å². The zero-order chi connectivity index (χ0) is 20.1. The molecule has 0 aromatic heterocycles. The molecule has 1 aromatic rings. The minimum absolute atomic E-state index is 0.0599. The summed E-state index contributed by atoms with van der Waals surface area (Å²) >= 11 is 12.3. The first-order chi connectivity index (χ1) is 13.5. The molecule has 2 amide bonds. The zero-order valence-corrected chi connectivity index (χ0v) is 17.3. The van der Waals surface area contributed by atoms with Gasteiger partial charge in [0.2, 0.25) is 11.8 Å². The van der Waals surface area contributed by atoms with E-state index in [9.17, 15) is 9.59 Å². The quantitative estimate of drug-likeness (QED) is 0.551. The number of benzene rings is 1. The summed E-state index contributed by atoms with van der Waals surface area (Å²) in [6.07, 6.45) is 4.01. The molecule has 154 valence electrons. The van der Waals surface area contributed by atoms with Crippen LogP contribution in [0.1, 0.15) is 31.2 Å². The first-order valence-corrected chi connectivity index (χ1v) is 10.3. The molecule has 28 heavy (non-hydrogen) atoms. The predicted molar refractivity (Wildman–Crippen MR) is 108 cm³/mol. The molecule has 0 radical (unpaired) electrons. The molecule has 0 spiro atoms. The van der Waals surface area contributed by atoms with Crippen molar-refractivity contribution in [3.8, 4) is 0 Å². The van der Waals surface area contributed by atoms with Crippen LogP contribution in [0.5, 0.6) is 0 Å². The number of nitrogens with one attached hydrogen (secondary N) is 4. The van der Waals surface area contributed by atoms with Gasteiger partial charge in [-0.05, 0) is 43.4 Å². The van der Waals surface area contributed by atoms with Gasteiger partial charge >= 0.3 is 0 Å². The Kier molecular flexibility index (Phi) is 7.54. The van der Waals surface area contributed by atoms with E-state index < -0.39 is 6.04 Å². The fourth-order valence-electron chi connectivity index (χ4n) is 3.73. The molecule has 1 saturated heterocycles. The summed E-state index contributed by atoms with van der Waals surface area (Å²) in [7, 11) is 1.72. The lowest BCUT2D eigenvalue weighted by Crippen LogP contribution is -2.55. The van der Waals surface area contributed by atoms with Gasteiger partial charge in [0.1, 0.15) is 6.04 Å². The van der Waals surface area contributed by atoms with Gasteiger partial charge in [0.05, 0.1) is 18.6 Å². The van der Waals surface area contributed by atoms with E-state index in [1.165, 1.54) is 0 Å². The number of carbonyl (C=O) groups is 2. The van der Waals surface area contributed by atoms with Crippen LogP contribution in [0.4, 0.5) is 0 Å². The van der Waals surface area contributed by atoms with Crippen molar-refractivity contribution in [1.29, 1.82) is 0 Å². The third-order valence-corrected chi connectivity index (χ3v) is 6.07. The van der Waals surface area contributed by atoms with E-state index in [0.717, 1.165) is 25.7 Å². The van der Waals surface area contributed by atoms with Gasteiger partial charge in [-0.15, -0.1) is 0 Å². The van der Waals surface area contributed by atoms with Crippen LogP contribution in [-0.4, -0.2) is 49.7 Å². The lowest BCUT2D eigenvalue weighted by molar-refractivity contribution is -0.125. The van der Waals surface area contributed by atoms with Crippen LogP contribution in [0.2, 0.25) is 10.0 Å². The van der Waals surface area contributed by atoms with E-state index in [1.54, 1.807) is 25.3 Å². The fraction of sp³-hybridized carbons (Fsp3) is 0.579. The number of ether oxygens (including phenoxy) is 1. The molecule has 2 aliphatic rings. The highest BCUT2D eigenvalue weighted by molar-refractivity contribution is 6.36. The highest BCUT2D eigenvalue weighted by atomic mass is 35.5. The van der Waals surface area contributed by atoms with Crippen molar-refractivity contribution in [3.05, 3.63) is 33.8 Å². The van der Waals surface area contributed by atoms with Crippen molar-refractivity contribution >= 4 is 35.0 Å². The molecule has 7 nitrogen and oxygen atoms in total. The second-order valence-electron chi connectivity index (χ2n) is 7.27. The molecule has 1 saturated carbocycles. The summed E-state index contributed by atoms with van der Waals surface area (Å²) in [6, 6.07) is 4.37. The number of hydrazine groups is 1. The van der Waals surface area contributed by atoms with Crippen molar-refractivity contribution in [1.82, 2.24) is 21.5 Å². The van der Waals surface area contributed by atoms with E-state index >= 15 is 0 Å². The minimum Gasteiger partial charge on any atom is -0.381 e. The van der Waals surface area contributed by atoms with E-state index in [-0.39, 0.29) is 36.4 Å². The third-order valence-electron chi connectivity index (χ3n) is 5.36. The Balaban J connectivity index is 1.52. The lowest BCUT2D eigenvalue weighted by Gasteiger charge is -2.29. The Bertz CT molecular complexity index is 690. The topological polar surface area (TPSA) is 91.5 Å². The maximum absolute atomic E-state index is 12.7. The lowest BCUT2D eigenvalue weighted by atomic mass is 9.92. The number of halogens is 2. The van der Waals surface area contributed by atoms with E-state index in [2.05, 4.69) is 21.5 Å². The Morgan fingerprint density at radius 3 is 2.46 bits per heavy atom. The van der Waals surface area contributed by atoms with Gasteiger partial charge in [-0.2, -0.15) is 0 Å². The van der Waals surface area contributed by atoms with Crippen molar-refractivity contribution in [2.45, 2.75) is 56.3 Å². The van der Waals surface area contributed by atoms with Crippen molar-refractivity contribution in [2.75, 3.05) is 13.7 Å². The molecule has 1 heterocycles. The molecule has 9 heteroatoms. The average molecular weight is 429 g/mol. The summed E-state index contributed by atoms with van der Waals surface area (Å²) < 4.78 is 5.37. The Hall–Kier alpha value is -1.38. The molecule has 0 bridgehead atoms. The van der Waals surface area contributed by atoms with Gasteiger partial charge in [-0.3, -0.25) is 15.0 Å². The standard InChI is InChI=1S/C19H26Cl2N4O3/c1-28-12-7-5-11(6-8-12)23-19(27)18-16(10-22-25-18)24-17(26)9-13-14(20)3-2-4-15(13)21/h2-4,11-12,16,18,22,25H,5-10H2,1H3,(H,23,27)(H,24,26). The van der Waals surface area contributed by atoms with Crippen LogP contribution in [0.3, 0.4) is 0 Å². The summed E-state index contributed by atoms with van der Waals surface area (Å²) in [6.45, 7) is 0.455. The maximum atomic E-state index is 12.7. The largest absolute Gasteiger partial charge is 0.381 e. The second-order valence-corrected chi connectivity index (χ2v) is 8.09. The Morgan fingerprint density at radius 1 is 1.14 bits per heavy atom. The Morgan fingerprint density at radius 2 is 1.82 bits per heavy atom. The summed E-state index contributed by atoms with van der Waals surface area (Å²) in [5.41, 5.74) is 6.49. The van der Waals surface area contributed by atoms with Gasteiger partial charge in [0, 0.05) is 29.7 Å². The SMILES string of the molecule is COC1CCC(NC(=O)C2NNCC2NC(=O)Cc2c(Cl)cccc2Cl)CC1. The normalized spacial score (nSPS) is 27.4. The van der Waals surface area contributed by atoms with Crippen LogP contribution >= 0.6 is 23.2 Å². The number of methoxy groups -OCH3 is 1. The van der Waals surface area contributed by atoms with E-state index in [1.807, 2.05) is 0 Å². The first kappa shape index (κ1) is 21.3. The van der Waals surface area contributed by atoms with E-state index in [0.29, 0.717) is 22.2 Å². The number of amides is 2. The van der Waals surface area contributed by atoms with Crippen molar-refractivity contribution in [3.63, 3.8) is 0 Å². The molecule has 2 unspecified atom stereocenters. The molecular formula is C19H26Cl2N4O3. The number of hydrogen-bond donors (Lipinski definition) is 4. The van der Waals surface area contributed by atoms with E-state index in [4.69, 9.17) is 27.9 Å². The van der Waals surface area contributed by atoms with Gasteiger partial charge in [-0.1, -0.05) is 29.3 Å². The first-order valence-electron chi connectivity index (χ1n) is 9.51. The smallest absolute Gasteiger partial charge is 0.240 e. The summed E-state index contributed by atoms with van der Waals surface area (Å²) in [5, 5.41) is 6.89. The van der Waals surface area contributed by atoms with Crippen LogP contribution < -0.4 is 21.5 Å². The van der Waals surface area contributed by atoms with Crippen molar-refractivity contribution in [2.24, 2.45) is 0 Å². The predicted octanol–water partition coefficient (Wildman–Crippen LogP) is 1.57. The highest BCUT2D eigenvalue weighted by Crippen LogP contribution is 2.25. The molecule has 2 fully saturated rings. The highest BCUT2D eigenvalue weighted by Gasteiger charge is 2.35. The summed E-state index contributed by atoms with van der Waals surface area (Å²) in [4.78, 5) is 25.2. The molecule has 3 rings (SSSR count). The second kappa shape index (κ2) is 9.89. The molecule has 4 N–H and O–H groups in total. The van der Waals surface area contributed by atoms with Crippen LogP contribution in [-0.2, 0) is 20.7 Å². The van der Waals surface area contributed by atoms with Gasteiger partial charge in [-0.25, -0.2) is 5.43 Å². The Labute approximate surface area is 174 Å². The van der Waals surface area contributed by atoms with Gasteiger partial charge in [0.15, 0.2) is 0 Å². The molecule has 2 atom stereocenters. The number of carbonyl (C=O) groups excluding carboxylic acids is 2. The molecular weight excluding hydrogens is 403 g/mol. The van der Waals surface area contributed by atoms with Crippen LogP contribution in [0.25, 0.3) is 0 Å². The molecule has 1 aliphatic heterocycles. The maximum Gasteiger partial charge on any atom is 0.240 e. The fourth-order valence-corrected chi connectivity index (χ4v) is 4.26. The van der Waals surface area contributed by atoms with Crippen molar-refractivity contribution < 1.29 is 14.3 Å². The van der Waals surface area contributed by atoms with Crippen LogP contribution in [0, 0.1) is 0 Å². The average Bonchev–Trinajstić information content (AvgIpc) is 3.13. The monoisotopic (exact) mass is 428 g/mol. The minimum atomic E-state index is -0.536. The molecule has 1 aliphatic carbocycles. The summed E-state index contributed by atoms with van der Waals surface area (Å²) in [5.74, 6) is -0.351. The van der Waals surface area contributed by atoms with Gasteiger partial charge < -0.3 is 15.4 Å².